The van der Waals surface area contributed by atoms with Gasteiger partial charge in [0, 0.05) is 60.8 Å². The van der Waals surface area contributed by atoms with Crippen LogP contribution >= 0.6 is 0 Å². The van der Waals surface area contributed by atoms with Gasteiger partial charge in [0.2, 0.25) is 29.5 Å². The molecule has 0 unspecified atom stereocenters. The Morgan fingerprint density at radius 2 is 1.33 bits per heavy atom. The summed E-state index contributed by atoms with van der Waals surface area (Å²) in [5, 5.41) is 16.9. The molecule has 2 aromatic rings. The molecule has 3 rings (SSSR count). The van der Waals surface area contributed by atoms with Gasteiger partial charge in [-0.1, -0.05) is 126 Å². The summed E-state index contributed by atoms with van der Waals surface area (Å²) in [6.45, 7) is 29.0. The van der Waals surface area contributed by atoms with Crippen LogP contribution in [-0.2, 0) is 58.5 Å². The van der Waals surface area contributed by atoms with E-state index in [1.807, 2.05) is 106 Å². The van der Waals surface area contributed by atoms with Crippen LogP contribution in [0.15, 0.2) is 71.2 Å². The first-order chi connectivity index (χ1) is 38.7. The molecule has 1 aliphatic rings. The van der Waals surface area contributed by atoms with Gasteiger partial charge in [-0.15, -0.1) is 0 Å². The van der Waals surface area contributed by atoms with Crippen LogP contribution in [0.5, 0.6) is 0 Å². The summed E-state index contributed by atoms with van der Waals surface area (Å²) in [5.74, 6) is -5.04. The third-order valence-corrected chi connectivity index (χ3v) is 16.4. The van der Waals surface area contributed by atoms with Gasteiger partial charge < -0.3 is 47.3 Å². The molecule has 10 amide bonds. The van der Waals surface area contributed by atoms with Crippen LogP contribution < -0.4 is 42.4 Å². The normalized spacial score (nSPS) is 15.2. The van der Waals surface area contributed by atoms with Crippen LogP contribution in [0.25, 0.3) is 0 Å². The third kappa shape index (κ3) is 20.1. The second kappa shape index (κ2) is 29.7. The maximum atomic E-state index is 14.5. The number of hydrogen-bond donors (Lipinski definition) is 8. The summed E-state index contributed by atoms with van der Waals surface area (Å²) in [5.41, 5.74) is 4.20. The van der Waals surface area contributed by atoms with Crippen LogP contribution in [-0.4, -0.2) is 142 Å². The van der Waals surface area contributed by atoms with Crippen molar-refractivity contribution in [2.24, 2.45) is 33.8 Å². The van der Waals surface area contributed by atoms with E-state index in [4.69, 9.17) is 10.5 Å². The fraction of sp³-hybridized carbons (Fsp3) is 0.590. The highest BCUT2D eigenvalue weighted by Gasteiger charge is 2.42. The quantitative estimate of drug-likeness (QED) is 0.0290. The van der Waals surface area contributed by atoms with E-state index in [9.17, 15) is 51.6 Å². The molecule has 9 N–H and O–H groups in total. The van der Waals surface area contributed by atoms with Crippen molar-refractivity contribution in [2.45, 2.75) is 171 Å². The Morgan fingerprint density at radius 1 is 0.750 bits per heavy atom. The molecule has 0 saturated heterocycles. The number of ether oxygens (including phenoxy) is 1. The van der Waals surface area contributed by atoms with Gasteiger partial charge in [0.15, 0.2) is 0 Å². The first-order valence-electron chi connectivity index (χ1n) is 28.4. The van der Waals surface area contributed by atoms with Crippen LogP contribution in [0.3, 0.4) is 0 Å². The number of carbonyl (C=O) groups excluding carboxylic acids is 9. The number of nitrogens with zero attached hydrogens (tertiary/aromatic N) is 2. The molecule has 2 aromatic carbocycles. The van der Waals surface area contributed by atoms with E-state index in [1.165, 1.54) is 49.1 Å². The maximum Gasteiger partial charge on any atom is 0.312 e. The first kappa shape index (κ1) is 71.3. The Kier molecular flexibility index (Phi) is 25.2. The number of anilines is 1. The van der Waals surface area contributed by atoms with Crippen molar-refractivity contribution < 1.29 is 56.3 Å². The van der Waals surface area contributed by atoms with Crippen molar-refractivity contribution in [3.63, 3.8) is 0 Å². The average molecular weight is 1190 g/mol. The Hall–Kier alpha value is -6.98. The zero-order chi connectivity index (χ0) is 64.0. The SMILES string of the molecule is CN[C@H](C(=O)N[C@H](C(=O)N(C)[C@H](/C=C(\C)C(=O)NS(=O)(=O)c1ccc(NC(=O)[C@H](CCCNC(N)=O)NC(=O)[C@@H](NC(=O)CC(C)(C)COCC(C)(C)CN2C(=O)C=CC2=O)C(C)C)c(C)c1C)C(C)C)C(C)(C)C)C(C)(C)c1ccccc1. The summed E-state index contributed by atoms with van der Waals surface area (Å²) in [7, 11) is -1.29. The van der Waals surface area contributed by atoms with E-state index in [1.54, 1.807) is 34.9 Å². The molecule has 0 fully saturated rings. The van der Waals surface area contributed by atoms with E-state index in [-0.39, 0.29) is 79.1 Å². The van der Waals surface area contributed by atoms with E-state index < -0.39 is 115 Å². The number of sulfonamides is 1. The predicted octanol–water partition coefficient (Wildman–Crippen LogP) is 5.03. The molecule has 84 heavy (non-hydrogen) atoms. The molecule has 0 bridgehead atoms. The monoisotopic (exact) mass is 1190 g/mol. The Morgan fingerprint density at radius 3 is 1.87 bits per heavy atom. The molecule has 1 aliphatic heterocycles. The number of rotatable bonds is 30. The standard InChI is InChI=1S/C61H94N10O12S/c1-36(2)44(70(18)56(79)51(58(8,9)10)68-55(78)50(63-17)61(15,16)41-23-20-19-21-24-41)31-38(5)52(75)69-84(81,82)45-27-26-42(39(6)40(45)7)65-53(76)43(25-22-30-64-57(62)80)66-54(77)49(37(3)4)67-46(72)32-59(11,12)34-83-35-60(13,14)33-71-47(73)28-29-48(71)74/h19-21,23-24,26-29,31,36-37,43-44,49-51,63H,22,25,30,32-35H2,1-18H3,(H,65,76)(H,66,77)(H,67,72)(H,68,78)(H,69,75)(H3,62,64,80)/b38-31+/t43-,44+,49-,50+,51+/m0/s1. The largest absolute Gasteiger partial charge is 0.380 e. The minimum atomic E-state index is -4.55. The van der Waals surface area contributed by atoms with Gasteiger partial charge in [0.05, 0.1) is 30.2 Å². The molecule has 0 spiro atoms. The van der Waals surface area contributed by atoms with Gasteiger partial charge in [-0.3, -0.25) is 43.3 Å². The number of benzene rings is 2. The van der Waals surface area contributed by atoms with Gasteiger partial charge in [0.1, 0.15) is 18.1 Å². The van der Waals surface area contributed by atoms with Crippen LogP contribution in [0.1, 0.15) is 133 Å². The predicted molar refractivity (Wildman–Crippen MR) is 323 cm³/mol. The van der Waals surface area contributed by atoms with E-state index in [0.29, 0.717) is 5.56 Å². The highest BCUT2D eigenvalue weighted by atomic mass is 32.2. The van der Waals surface area contributed by atoms with Crippen LogP contribution in [0.4, 0.5) is 10.5 Å². The molecule has 0 aromatic heterocycles. The minimum Gasteiger partial charge on any atom is -0.380 e. The Labute approximate surface area is 497 Å². The summed E-state index contributed by atoms with van der Waals surface area (Å²) in [4.78, 5) is 122. The molecule has 0 saturated carbocycles. The van der Waals surface area contributed by atoms with E-state index >= 15 is 0 Å². The topological polar surface area (TPSA) is 314 Å². The van der Waals surface area contributed by atoms with Gasteiger partial charge >= 0.3 is 6.03 Å². The molecule has 23 heteroatoms. The second-order valence-corrected chi connectivity index (χ2v) is 27.5. The van der Waals surface area contributed by atoms with Gasteiger partial charge in [0.25, 0.3) is 27.7 Å². The van der Waals surface area contributed by atoms with Crippen molar-refractivity contribution in [3.8, 4) is 0 Å². The summed E-state index contributed by atoms with van der Waals surface area (Å²) >= 11 is 0. The van der Waals surface area contributed by atoms with Crippen molar-refractivity contribution in [1.82, 2.24) is 41.1 Å². The second-order valence-electron chi connectivity index (χ2n) is 25.8. The van der Waals surface area contributed by atoms with Crippen molar-refractivity contribution in [2.75, 3.05) is 45.7 Å². The van der Waals surface area contributed by atoms with Gasteiger partial charge in [-0.05, 0) is 92.1 Å². The number of nitrogens with two attached hydrogens (primary N) is 1. The molecule has 0 aliphatic carbocycles. The molecular weight excluding hydrogens is 1100 g/mol. The number of imide groups is 1. The van der Waals surface area contributed by atoms with Crippen LogP contribution in [0, 0.1) is 41.9 Å². The van der Waals surface area contributed by atoms with Crippen molar-refractivity contribution in [1.29, 1.82) is 0 Å². The highest BCUT2D eigenvalue weighted by Crippen LogP contribution is 2.31. The number of likely N-dealkylation sites (N-methyl/N-ethyl adjacent to an activating group) is 2. The van der Waals surface area contributed by atoms with Crippen LogP contribution in [0.2, 0.25) is 0 Å². The minimum absolute atomic E-state index is 0.00195. The lowest BCUT2D eigenvalue weighted by Gasteiger charge is -2.40. The smallest absolute Gasteiger partial charge is 0.312 e. The number of hydrogen-bond acceptors (Lipinski definition) is 13. The first-order valence-corrected chi connectivity index (χ1v) is 29.9. The lowest BCUT2D eigenvalue weighted by molar-refractivity contribution is -0.141. The molecular formula is C61H94N10O12S. The molecule has 22 nitrogen and oxygen atoms in total. The van der Waals surface area contributed by atoms with Crippen molar-refractivity contribution in [3.05, 3.63) is 83.0 Å². The number of urea groups is 1. The molecule has 5 atom stereocenters. The lowest BCUT2D eigenvalue weighted by Crippen LogP contribution is -2.61. The number of amides is 10. The van der Waals surface area contributed by atoms with Gasteiger partial charge in [-0.25, -0.2) is 17.9 Å². The number of carbonyl (C=O) groups is 9. The van der Waals surface area contributed by atoms with Crippen molar-refractivity contribution >= 4 is 69.0 Å². The van der Waals surface area contributed by atoms with Gasteiger partial charge in [-0.2, -0.15) is 0 Å². The molecule has 466 valence electrons. The summed E-state index contributed by atoms with van der Waals surface area (Å²) in [6, 6.07) is 6.64. The Bertz CT molecular complexity index is 2890. The zero-order valence-corrected chi connectivity index (χ0v) is 53.4. The highest BCUT2D eigenvalue weighted by molar-refractivity contribution is 7.90. The third-order valence-electron chi connectivity index (χ3n) is 14.9. The van der Waals surface area contributed by atoms with E-state index in [2.05, 4.69) is 36.6 Å². The van der Waals surface area contributed by atoms with E-state index in [0.717, 1.165) is 10.5 Å². The number of primary amides is 1. The summed E-state index contributed by atoms with van der Waals surface area (Å²) < 4.78 is 36.2. The number of nitrogens with one attached hydrogen (secondary N) is 7. The molecule has 0 radical (unpaired) electrons. The molecule has 1 heterocycles. The fourth-order valence-corrected chi connectivity index (χ4v) is 11.1. The fourth-order valence-electron chi connectivity index (χ4n) is 9.82. The zero-order valence-electron chi connectivity index (χ0n) is 52.5. The lowest BCUT2D eigenvalue weighted by atomic mass is 9.76. The summed E-state index contributed by atoms with van der Waals surface area (Å²) in [6.07, 6.45) is 4.12. The maximum absolute atomic E-state index is 14.5. The average Bonchev–Trinajstić information content (AvgIpc) is 3.87. The Balaban J connectivity index is 1.78.